The number of amides is 2. The smallest absolute Gasteiger partial charge is 0.321 e. The molecule has 1 heterocycles. The van der Waals surface area contributed by atoms with Crippen molar-refractivity contribution >= 4 is 34.9 Å². The fourth-order valence-corrected chi connectivity index (χ4v) is 2.81. The summed E-state index contributed by atoms with van der Waals surface area (Å²) in [5.41, 5.74) is 0.492. The number of halogens is 2. The minimum atomic E-state index is -0.461. The molecule has 1 aliphatic heterocycles. The second kappa shape index (κ2) is 6.52. The molecule has 0 saturated carbocycles. The van der Waals surface area contributed by atoms with Crippen LogP contribution in [0.2, 0.25) is 10.0 Å². The van der Waals surface area contributed by atoms with E-state index in [1.807, 2.05) is 0 Å². The molecule has 0 aromatic heterocycles. The van der Waals surface area contributed by atoms with Gasteiger partial charge in [-0.25, -0.2) is 4.79 Å². The molecule has 1 aromatic carbocycles. The monoisotopic (exact) mass is 318 g/mol. The van der Waals surface area contributed by atoms with Crippen molar-refractivity contribution in [3.05, 3.63) is 22.2 Å². The lowest BCUT2D eigenvalue weighted by molar-refractivity contribution is 0.0883. The van der Waals surface area contributed by atoms with Gasteiger partial charge in [0.2, 0.25) is 0 Å². The van der Waals surface area contributed by atoms with Crippen molar-refractivity contribution < 1.29 is 14.6 Å². The summed E-state index contributed by atoms with van der Waals surface area (Å²) in [6.45, 7) is 0.962. The van der Waals surface area contributed by atoms with Crippen molar-refractivity contribution in [3.8, 4) is 5.75 Å². The number of carbonyl (C=O) groups is 1. The number of urea groups is 1. The molecular formula is C13H16Cl2N2O3. The minimum Gasteiger partial charge on any atom is -0.494 e. The Labute approximate surface area is 127 Å². The Morgan fingerprint density at radius 2 is 2.10 bits per heavy atom. The molecule has 1 aliphatic rings. The highest BCUT2D eigenvalue weighted by Gasteiger charge is 2.22. The van der Waals surface area contributed by atoms with Crippen molar-refractivity contribution in [1.29, 1.82) is 0 Å². The predicted molar refractivity (Wildman–Crippen MR) is 78.8 cm³/mol. The Hall–Kier alpha value is -1.17. The number of methoxy groups -OCH3 is 1. The molecule has 0 unspecified atom stereocenters. The number of carbonyl (C=O) groups excluding carboxylic acids is 1. The van der Waals surface area contributed by atoms with Crippen molar-refractivity contribution in [3.63, 3.8) is 0 Å². The highest BCUT2D eigenvalue weighted by atomic mass is 35.5. The largest absolute Gasteiger partial charge is 0.494 e. The van der Waals surface area contributed by atoms with Gasteiger partial charge in [0, 0.05) is 18.8 Å². The first kappa shape index (κ1) is 15.2. The molecule has 110 valence electrons. The Morgan fingerprint density at radius 3 is 2.65 bits per heavy atom. The molecule has 0 aliphatic carbocycles. The molecular weight excluding hydrogens is 303 g/mol. The van der Waals surface area contributed by atoms with E-state index in [2.05, 4.69) is 5.32 Å². The van der Waals surface area contributed by atoms with E-state index in [9.17, 15) is 9.90 Å². The maximum atomic E-state index is 12.1. The highest BCUT2D eigenvalue weighted by molar-refractivity contribution is 6.37. The SMILES string of the molecule is COc1c(Cl)cc(NC(=O)N2CCC[C@@H](O)C2)cc1Cl. The summed E-state index contributed by atoms with van der Waals surface area (Å²) in [7, 11) is 1.47. The standard InChI is InChI=1S/C13H16Cl2N2O3/c1-20-12-10(14)5-8(6-11(12)15)16-13(19)17-4-2-3-9(18)7-17/h5-6,9,18H,2-4,7H2,1H3,(H,16,19)/t9-/m1/s1. The normalized spacial score (nSPS) is 18.8. The molecule has 0 bridgehead atoms. The first-order valence-electron chi connectivity index (χ1n) is 6.28. The number of hydrogen-bond donors (Lipinski definition) is 2. The third kappa shape index (κ3) is 3.48. The van der Waals surface area contributed by atoms with E-state index in [4.69, 9.17) is 27.9 Å². The molecule has 2 amide bonds. The highest BCUT2D eigenvalue weighted by Crippen LogP contribution is 2.35. The zero-order valence-electron chi connectivity index (χ0n) is 11.0. The number of likely N-dealkylation sites (tertiary alicyclic amines) is 1. The summed E-state index contributed by atoms with van der Waals surface area (Å²) >= 11 is 12.0. The zero-order valence-corrected chi connectivity index (χ0v) is 12.5. The molecule has 2 N–H and O–H groups in total. The Morgan fingerprint density at radius 1 is 1.45 bits per heavy atom. The van der Waals surface area contributed by atoms with Crippen LogP contribution in [-0.4, -0.2) is 42.3 Å². The number of β-amino-alcohol motifs (C(OH)–C–C–N with tert-alkyl or cyclic N) is 1. The van der Waals surface area contributed by atoms with Gasteiger partial charge >= 0.3 is 6.03 Å². The molecule has 1 saturated heterocycles. The maximum absolute atomic E-state index is 12.1. The Kier molecular flexibility index (Phi) is 4.96. The maximum Gasteiger partial charge on any atom is 0.321 e. The quantitative estimate of drug-likeness (QED) is 0.881. The van der Waals surface area contributed by atoms with Crippen LogP contribution in [0.1, 0.15) is 12.8 Å². The van der Waals surface area contributed by atoms with Gasteiger partial charge < -0.3 is 20.1 Å². The van der Waals surface area contributed by atoms with Crippen LogP contribution >= 0.6 is 23.2 Å². The van der Waals surface area contributed by atoms with E-state index in [0.717, 1.165) is 12.8 Å². The van der Waals surface area contributed by atoms with Crippen LogP contribution in [0, 0.1) is 0 Å². The van der Waals surface area contributed by atoms with Gasteiger partial charge in [0.1, 0.15) is 0 Å². The molecule has 0 radical (unpaired) electrons. The van der Waals surface area contributed by atoms with Crippen LogP contribution in [0.3, 0.4) is 0 Å². The second-order valence-electron chi connectivity index (χ2n) is 4.65. The summed E-state index contributed by atoms with van der Waals surface area (Å²) < 4.78 is 5.05. The van der Waals surface area contributed by atoms with Crippen LogP contribution in [0.4, 0.5) is 10.5 Å². The van der Waals surface area contributed by atoms with Crippen LogP contribution in [0.5, 0.6) is 5.75 Å². The summed E-state index contributed by atoms with van der Waals surface area (Å²) in [6, 6.07) is 2.87. The average molecular weight is 319 g/mol. The van der Waals surface area contributed by atoms with Crippen molar-refractivity contribution in [2.75, 3.05) is 25.5 Å². The minimum absolute atomic E-state index is 0.277. The van der Waals surface area contributed by atoms with Gasteiger partial charge in [0.25, 0.3) is 0 Å². The number of aliphatic hydroxyl groups excluding tert-OH is 1. The van der Waals surface area contributed by atoms with E-state index in [0.29, 0.717) is 34.6 Å². The number of rotatable bonds is 2. The van der Waals surface area contributed by atoms with Crippen LogP contribution < -0.4 is 10.1 Å². The Bertz CT molecular complexity index is 487. The van der Waals surface area contributed by atoms with Crippen LogP contribution in [0.15, 0.2) is 12.1 Å². The molecule has 0 spiro atoms. The fourth-order valence-electron chi connectivity index (χ4n) is 2.17. The van der Waals surface area contributed by atoms with Crippen molar-refractivity contribution in [2.45, 2.75) is 18.9 Å². The molecule has 1 fully saturated rings. The lowest BCUT2D eigenvalue weighted by Crippen LogP contribution is -2.44. The summed E-state index contributed by atoms with van der Waals surface area (Å²) in [5, 5.41) is 12.9. The van der Waals surface area contributed by atoms with Gasteiger partial charge in [-0.05, 0) is 25.0 Å². The van der Waals surface area contributed by atoms with E-state index in [1.165, 1.54) is 7.11 Å². The van der Waals surface area contributed by atoms with E-state index in [-0.39, 0.29) is 6.03 Å². The third-order valence-corrected chi connectivity index (χ3v) is 3.70. The lowest BCUT2D eigenvalue weighted by Gasteiger charge is -2.30. The molecule has 1 atom stereocenters. The van der Waals surface area contributed by atoms with Gasteiger partial charge in [0.05, 0.1) is 23.3 Å². The first-order valence-corrected chi connectivity index (χ1v) is 7.04. The number of benzene rings is 1. The van der Waals surface area contributed by atoms with Gasteiger partial charge in [-0.2, -0.15) is 0 Å². The lowest BCUT2D eigenvalue weighted by atomic mass is 10.1. The van der Waals surface area contributed by atoms with Crippen molar-refractivity contribution in [2.24, 2.45) is 0 Å². The van der Waals surface area contributed by atoms with Gasteiger partial charge in [-0.1, -0.05) is 23.2 Å². The average Bonchev–Trinajstić information content (AvgIpc) is 2.38. The molecule has 5 nitrogen and oxygen atoms in total. The van der Waals surface area contributed by atoms with E-state index in [1.54, 1.807) is 17.0 Å². The van der Waals surface area contributed by atoms with E-state index >= 15 is 0 Å². The third-order valence-electron chi connectivity index (χ3n) is 3.14. The molecule has 2 rings (SSSR count). The number of nitrogens with zero attached hydrogens (tertiary/aromatic N) is 1. The van der Waals surface area contributed by atoms with Gasteiger partial charge in [-0.15, -0.1) is 0 Å². The molecule has 7 heteroatoms. The van der Waals surface area contributed by atoms with Crippen LogP contribution in [0.25, 0.3) is 0 Å². The molecule has 20 heavy (non-hydrogen) atoms. The van der Waals surface area contributed by atoms with Crippen molar-refractivity contribution in [1.82, 2.24) is 4.90 Å². The Balaban J connectivity index is 2.08. The number of hydrogen-bond acceptors (Lipinski definition) is 3. The van der Waals surface area contributed by atoms with Crippen LogP contribution in [-0.2, 0) is 0 Å². The number of piperidine rings is 1. The number of ether oxygens (including phenoxy) is 1. The fraction of sp³-hybridized carbons (Fsp3) is 0.462. The number of anilines is 1. The summed E-state index contributed by atoms with van der Waals surface area (Å²) in [6.07, 6.45) is 1.06. The second-order valence-corrected chi connectivity index (χ2v) is 5.46. The number of aliphatic hydroxyl groups is 1. The van der Waals surface area contributed by atoms with E-state index < -0.39 is 6.10 Å². The first-order chi connectivity index (χ1) is 9.51. The molecule has 1 aromatic rings. The topological polar surface area (TPSA) is 61.8 Å². The summed E-state index contributed by atoms with van der Waals surface area (Å²) in [5.74, 6) is 0.375. The van der Waals surface area contributed by atoms with Gasteiger partial charge in [-0.3, -0.25) is 0 Å². The zero-order chi connectivity index (χ0) is 14.7. The number of nitrogens with one attached hydrogen (secondary N) is 1. The predicted octanol–water partition coefficient (Wildman–Crippen LogP) is 2.99. The van der Waals surface area contributed by atoms with Gasteiger partial charge in [0.15, 0.2) is 5.75 Å². The summed E-state index contributed by atoms with van der Waals surface area (Å²) in [4.78, 5) is 13.6.